The number of halogens is 1. The lowest BCUT2D eigenvalue weighted by molar-refractivity contribution is -0.385. The summed E-state index contributed by atoms with van der Waals surface area (Å²) in [5, 5.41) is 14.3. The number of hydrogen-bond acceptors (Lipinski definition) is 6. The number of ether oxygens (including phenoxy) is 3. The number of rotatable bonds is 7. The van der Waals surface area contributed by atoms with E-state index in [1.54, 1.807) is 12.1 Å². The molecule has 8 nitrogen and oxygen atoms in total. The van der Waals surface area contributed by atoms with E-state index in [9.17, 15) is 19.3 Å². The van der Waals surface area contributed by atoms with E-state index in [0.29, 0.717) is 26.1 Å². The molecule has 1 aliphatic rings. The van der Waals surface area contributed by atoms with Gasteiger partial charge in [-0.05, 0) is 30.5 Å². The van der Waals surface area contributed by atoms with Gasteiger partial charge in [-0.1, -0.05) is 12.1 Å². The maximum absolute atomic E-state index is 13.4. The number of nitrogens with zero attached hydrogens (tertiary/aromatic N) is 1. The fourth-order valence-corrected chi connectivity index (χ4v) is 3.68. The van der Waals surface area contributed by atoms with Crippen molar-refractivity contribution in [3.05, 3.63) is 63.5 Å². The van der Waals surface area contributed by atoms with Crippen molar-refractivity contribution in [3.63, 3.8) is 0 Å². The predicted molar refractivity (Wildman–Crippen MR) is 107 cm³/mol. The smallest absolute Gasteiger partial charge is 0.286 e. The van der Waals surface area contributed by atoms with Gasteiger partial charge in [-0.25, -0.2) is 4.39 Å². The molecule has 2 aromatic rings. The highest BCUT2D eigenvalue weighted by Crippen LogP contribution is 2.36. The van der Waals surface area contributed by atoms with Gasteiger partial charge in [0.2, 0.25) is 0 Å². The first kappa shape index (κ1) is 21.5. The van der Waals surface area contributed by atoms with Gasteiger partial charge in [-0.15, -0.1) is 0 Å². The third-order valence-electron chi connectivity index (χ3n) is 5.44. The summed E-state index contributed by atoms with van der Waals surface area (Å²) in [4.78, 5) is 23.8. The first-order valence-corrected chi connectivity index (χ1v) is 9.42. The summed E-state index contributed by atoms with van der Waals surface area (Å²) in [7, 11) is 2.75. The number of carbonyl (C=O) groups excluding carboxylic acids is 1. The minimum atomic E-state index is -0.638. The van der Waals surface area contributed by atoms with E-state index in [4.69, 9.17) is 14.2 Å². The molecule has 0 saturated carbocycles. The Bertz CT molecular complexity index is 926. The Morgan fingerprint density at radius 1 is 1.17 bits per heavy atom. The van der Waals surface area contributed by atoms with Crippen LogP contribution in [0.15, 0.2) is 36.4 Å². The number of nitro groups is 1. The van der Waals surface area contributed by atoms with Gasteiger partial charge < -0.3 is 19.5 Å². The van der Waals surface area contributed by atoms with Crippen LogP contribution >= 0.6 is 0 Å². The van der Waals surface area contributed by atoms with Crippen LogP contribution < -0.4 is 14.8 Å². The third kappa shape index (κ3) is 4.35. The normalized spacial score (nSPS) is 15.3. The molecule has 0 atom stereocenters. The molecule has 3 rings (SSSR count). The molecule has 0 spiro atoms. The molecular weight excluding hydrogens is 395 g/mol. The van der Waals surface area contributed by atoms with E-state index in [2.05, 4.69) is 5.32 Å². The Balaban J connectivity index is 1.89. The second kappa shape index (κ2) is 9.08. The average molecular weight is 418 g/mol. The molecule has 1 heterocycles. The van der Waals surface area contributed by atoms with E-state index in [1.807, 2.05) is 0 Å². The molecule has 1 amide bonds. The summed E-state index contributed by atoms with van der Waals surface area (Å²) in [6.45, 7) is 1.24. The molecule has 0 bridgehead atoms. The van der Waals surface area contributed by atoms with Gasteiger partial charge in [0.15, 0.2) is 11.5 Å². The van der Waals surface area contributed by atoms with E-state index < -0.39 is 16.2 Å². The van der Waals surface area contributed by atoms with Gasteiger partial charge in [0.05, 0.1) is 25.2 Å². The fraction of sp³-hybridized carbons (Fsp3) is 0.381. The van der Waals surface area contributed by atoms with Gasteiger partial charge in [0.1, 0.15) is 11.4 Å². The lowest BCUT2D eigenvalue weighted by Gasteiger charge is -2.38. The van der Waals surface area contributed by atoms with Crippen molar-refractivity contribution >= 4 is 11.6 Å². The predicted octanol–water partition coefficient (Wildman–Crippen LogP) is 3.23. The highest BCUT2D eigenvalue weighted by Gasteiger charge is 2.35. The van der Waals surface area contributed by atoms with Crippen molar-refractivity contribution in [2.24, 2.45) is 0 Å². The molecule has 0 radical (unpaired) electrons. The summed E-state index contributed by atoms with van der Waals surface area (Å²) in [5.74, 6) is -0.567. The van der Waals surface area contributed by atoms with Crippen LogP contribution in [0.1, 0.15) is 28.8 Å². The molecule has 160 valence electrons. The lowest BCUT2D eigenvalue weighted by atomic mass is 9.74. The lowest BCUT2D eigenvalue weighted by Crippen LogP contribution is -2.44. The Labute approximate surface area is 173 Å². The van der Waals surface area contributed by atoms with Gasteiger partial charge >= 0.3 is 0 Å². The number of hydrogen-bond donors (Lipinski definition) is 1. The summed E-state index contributed by atoms with van der Waals surface area (Å²) >= 11 is 0. The zero-order valence-corrected chi connectivity index (χ0v) is 16.8. The molecule has 30 heavy (non-hydrogen) atoms. The third-order valence-corrected chi connectivity index (χ3v) is 5.44. The van der Waals surface area contributed by atoms with Crippen LogP contribution in [0.5, 0.6) is 11.5 Å². The Hall–Kier alpha value is -3.20. The standard InChI is InChI=1S/C21H23FN2O6/c1-28-18-11-16(17(24(26)27)12-19(18)29-2)20(25)23-13-21(7-9-30-10-8-21)14-3-5-15(22)6-4-14/h3-6,11-12H,7-10,13H2,1-2H3,(H,23,25). The molecule has 1 saturated heterocycles. The Kier molecular flexibility index (Phi) is 6.51. The number of amides is 1. The quantitative estimate of drug-likeness (QED) is 0.547. The van der Waals surface area contributed by atoms with E-state index in [1.165, 1.54) is 32.4 Å². The second-order valence-corrected chi connectivity index (χ2v) is 7.06. The van der Waals surface area contributed by atoms with Gasteiger partial charge in [0.25, 0.3) is 11.6 Å². The molecule has 0 aromatic heterocycles. The zero-order valence-electron chi connectivity index (χ0n) is 16.8. The summed E-state index contributed by atoms with van der Waals surface area (Å²) in [6.07, 6.45) is 1.26. The highest BCUT2D eigenvalue weighted by atomic mass is 19.1. The van der Waals surface area contributed by atoms with Crippen molar-refractivity contribution in [1.29, 1.82) is 0 Å². The van der Waals surface area contributed by atoms with Crippen LogP contribution in [-0.4, -0.2) is 44.8 Å². The van der Waals surface area contributed by atoms with Crippen molar-refractivity contribution in [3.8, 4) is 11.5 Å². The average Bonchev–Trinajstić information content (AvgIpc) is 2.77. The molecule has 9 heteroatoms. The fourth-order valence-electron chi connectivity index (χ4n) is 3.68. The van der Waals surface area contributed by atoms with Crippen molar-refractivity contribution in [1.82, 2.24) is 5.32 Å². The zero-order chi connectivity index (χ0) is 21.7. The van der Waals surface area contributed by atoms with Crippen molar-refractivity contribution in [2.75, 3.05) is 34.0 Å². The molecule has 2 aromatic carbocycles. The topological polar surface area (TPSA) is 99.9 Å². The monoisotopic (exact) mass is 418 g/mol. The molecule has 0 unspecified atom stereocenters. The van der Waals surface area contributed by atoms with Gasteiger partial charge in [-0.2, -0.15) is 0 Å². The second-order valence-electron chi connectivity index (χ2n) is 7.06. The summed E-state index contributed by atoms with van der Waals surface area (Å²) in [6, 6.07) is 8.62. The molecule has 1 N–H and O–H groups in total. The minimum absolute atomic E-state index is 0.126. The van der Waals surface area contributed by atoms with Crippen LogP contribution in [0.2, 0.25) is 0 Å². The van der Waals surface area contributed by atoms with E-state index >= 15 is 0 Å². The molecule has 1 fully saturated rings. The number of carbonyl (C=O) groups is 1. The van der Waals surface area contributed by atoms with Crippen LogP contribution in [0.4, 0.5) is 10.1 Å². The van der Waals surface area contributed by atoms with Gasteiger partial charge in [0, 0.05) is 31.2 Å². The number of methoxy groups -OCH3 is 2. The highest BCUT2D eigenvalue weighted by molar-refractivity contribution is 5.99. The number of nitro benzene ring substituents is 1. The van der Waals surface area contributed by atoms with E-state index in [-0.39, 0.29) is 35.1 Å². The van der Waals surface area contributed by atoms with E-state index in [0.717, 1.165) is 11.6 Å². The van der Waals surface area contributed by atoms with Crippen molar-refractivity contribution in [2.45, 2.75) is 18.3 Å². The van der Waals surface area contributed by atoms with Crippen LogP contribution in [-0.2, 0) is 10.2 Å². The SMILES string of the molecule is COc1cc(C(=O)NCC2(c3ccc(F)cc3)CCOCC2)c([N+](=O)[O-])cc1OC. The summed E-state index contributed by atoms with van der Waals surface area (Å²) < 4.78 is 29.1. The minimum Gasteiger partial charge on any atom is -0.493 e. The Morgan fingerprint density at radius 3 is 2.33 bits per heavy atom. The first-order valence-electron chi connectivity index (χ1n) is 9.42. The summed E-state index contributed by atoms with van der Waals surface area (Å²) in [5.41, 5.74) is -0.0753. The first-order chi connectivity index (χ1) is 14.4. The number of benzene rings is 2. The number of nitrogens with one attached hydrogen (secondary N) is 1. The van der Waals surface area contributed by atoms with Crippen LogP contribution in [0.3, 0.4) is 0 Å². The Morgan fingerprint density at radius 2 is 1.77 bits per heavy atom. The maximum atomic E-state index is 13.4. The van der Waals surface area contributed by atoms with Crippen LogP contribution in [0.25, 0.3) is 0 Å². The molecular formula is C21H23FN2O6. The molecule has 1 aliphatic heterocycles. The van der Waals surface area contributed by atoms with Gasteiger partial charge in [-0.3, -0.25) is 14.9 Å². The van der Waals surface area contributed by atoms with Crippen molar-refractivity contribution < 1.29 is 28.3 Å². The van der Waals surface area contributed by atoms with Crippen LogP contribution in [0, 0.1) is 15.9 Å². The molecule has 0 aliphatic carbocycles. The largest absolute Gasteiger partial charge is 0.493 e. The maximum Gasteiger partial charge on any atom is 0.286 e.